The normalized spacial score (nSPS) is 13.5. The summed E-state index contributed by atoms with van der Waals surface area (Å²) in [5.74, 6) is -1.25. The van der Waals surface area contributed by atoms with Crippen LogP contribution < -0.4 is 11.2 Å². The Bertz CT molecular complexity index is 2010. The number of carbonyl (C=O) groups excluding carboxylic acids is 1. The van der Waals surface area contributed by atoms with Crippen LogP contribution in [0.2, 0.25) is 0 Å². The predicted molar refractivity (Wildman–Crippen MR) is 162 cm³/mol. The van der Waals surface area contributed by atoms with Crippen LogP contribution in [0.3, 0.4) is 0 Å². The van der Waals surface area contributed by atoms with Crippen molar-refractivity contribution in [1.29, 1.82) is 0 Å². The molecule has 0 fully saturated rings. The van der Waals surface area contributed by atoms with E-state index >= 15 is 0 Å². The fourth-order valence-corrected chi connectivity index (χ4v) is 5.26. The average Bonchev–Trinajstić information content (AvgIpc) is 3.37. The Morgan fingerprint density at radius 1 is 0.844 bits per heavy atom. The number of aromatic hydroxyl groups is 1. The molecule has 5 aromatic rings. The second-order valence-electron chi connectivity index (χ2n) is 11.7. The maximum absolute atomic E-state index is 14.4. The Balaban J connectivity index is 1.98. The lowest BCUT2D eigenvalue weighted by Gasteiger charge is -2.22. The lowest BCUT2D eigenvalue weighted by molar-refractivity contribution is -0.137. The van der Waals surface area contributed by atoms with E-state index in [1.165, 1.54) is 4.57 Å². The maximum atomic E-state index is 14.4. The van der Waals surface area contributed by atoms with Gasteiger partial charge in [-0.25, -0.2) is 19.1 Å². The largest absolute Gasteiger partial charge is 0.508 e. The van der Waals surface area contributed by atoms with Crippen LogP contribution in [0.4, 0.5) is 18.0 Å². The van der Waals surface area contributed by atoms with Gasteiger partial charge in [0, 0.05) is 5.56 Å². The van der Waals surface area contributed by atoms with Crippen LogP contribution >= 0.6 is 0 Å². The number of halogens is 3. The van der Waals surface area contributed by atoms with Crippen molar-refractivity contribution >= 4 is 17.3 Å². The fraction of sp³-hybridized carbons (Fsp3) is 0.273. The smallest absolute Gasteiger partial charge is 0.421 e. The number of hydrogen-bond acceptors (Lipinski definition) is 6. The molecule has 0 amide bonds. The van der Waals surface area contributed by atoms with Gasteiger partial charge in [-0.1, -0.05) is 60.7 Å². The molecule has 0 radical (unpaired) electrons. The van der Waals surface area contributed by atoms with Crippen LogP contribution in [0.15, 0.2) is 88.5 Å². The van der Waals surface area contributed by atoms with Crippen molar-refractivity contribution < 1.29 is 27.8 Å². The van der Waals surface area contributed by atoms with Gasteiger partial charge in [0.15, 0.2) is 17.0 Å². The molecule has 234 valence electrons. The summed E-state index contributed by atoms with van der Waals surface area (Å²) in [6, 6.07) is 18.4. The molecule has 0 aliphatic heterocycles. The summed E-state index contributed by atoms with van der Waals surface area (Å²) in [4.78, 5) is 46.9. The Hall–Kier alpha value is -5.13. The molecule has 5 rings (SSSR count). The van der Waals surface area contributed by atoms with E-state index in [2.05, 4.69) is 4.98 Å². The molecule has 2 atom stereocenters. The van der Waals surface area contributed by atoms with Gasteiger partial charge in [-0.2, -0.15) is 13.2 Å². The number of aromatic nitrogens is 4. The number of hydrogen-bond donors (Lipinski definition) is 1. The number of rotatable bonds is 5. The van der Waals surface area contributed by atoms with E-state index in [1.54, 1.807) is 95.3 Å². The van der Waals surface area contributed by atoms with E-state index in [-0.39, 0.29) is 5.65 Å². The molecule has 3 aromatic carbocycles. The number of benzene rings is 3. The van der Waals surface area contributed by atoms with E-state index in [0.29, 0.717) is 21.8 Å². The zero-order chi connectivity index (χ0) is 32.8. The molecule has 0 saturated carbocycles. The van der Waals surface area contributed by atoms with E-state index in [1.807, 2.05) is 0 Å². The summed E-state index contributed by atoms with van der Waals surface area (Å²) in [7, 11) is 0. The van der Waals surface area contributed by atoms with Gasteiger partial charge in [0.05, 0.1) is 17.6 Å². The van der Waals surface area contributed by atoms with Crippen LogP contribution in [-0.2, 0) is 10.9 Å². The van der Waals surface area contributed by atoms with Crippen molar-refractivity contribution in [2.45, 2.75) is 58.5 Å². The molecule has 2 unspecified atom stereocenters. The second-order valence-corrected chi connectivity index (χ2v) is 11.7. The topological polar surface area (TPSA) is 108 Å². The minimum atomic E-state index is -4.98. The molecule has 2 heterocycles. The molecule has 12 heteroatoms. The number of ether oxygens (including phenoxy) is 1. The Morgan fingerprint density at radius 2 is 1.38 bits per heavy atom. The fourth-order valence-electron chi connectivity index (χ4n) is 5.26. The minimum absolute atomic E-state index is 0.306. The van der Waals surface area contributed by atoms with Crippen LogP contribution in [-0.4, -0.2) is 35.5 Å². The maximum Gasteiger partial charge on any atom is 0.421 e. The molecule has 1 N–H and O–H groups in total. The van der Waals surface area contributed by atoms with Crippen LogP contribution in [0, 0.1) is 0 Å². The first kappa shape index (κ1) is 31.3. The first-order chi connectivity index (χ1) is 21.1. The third-order valence-corrected chi connectivity index (χ3v) is 7.38. The van der Waals surface area contributed by atoms with Crippen LogP contribution in [0.5, 0.6) is 5.75 Å². The summed E-state index contributed by atoms with van der Waals surface area (Å²) in [6.45, 7) is 8.02. The zero-order valence-electron chi connectivity index (χ0n) is 25.2. The van der Waals surface area contributed by atoms with Crippen LogP contribution in [0.1, 0.15) is 63.4 Å². The van der Waals surface area contributed by atoms with E-state index in [4.69, 9.17) is 4.74 Å². The molecule has 0 saturated heterocycles. The van der Waals surface area contributed by atoms with Crippen molar-refractivity contribution in [3.8, 4) is 17.1 Å². The molecule has 0 aliphatic rings. The SMILES string of the molecule is CC(c1ccccc1)n1c(=O)c2c(nc(-c3ccc(O)cc3C(F)(F)F)n2C(=O)OC(C)(C)C)n(C(C)c2ccccc2)c1=O. The summed E-state index contributed by atoms with van der Waals surface area (Å²) in [6.07, 6.45) is -6.15. The number of fused-ring (bicyclic) bond motifs is 1. The zero-order valence-corrected chi connectivity index (χ0v) is 25.2. The quantitative estimate of drug-likeness (QED) is 0.233. The van der Waals surface area contributed by atoms with Crippen molar-refractivity contribution in [2.24, 2.45) is 0 Å². The lowest BCUT2D eigenvalue weighted by atomic mass is 10.1. The Labute approximate surface area is 255 Å². The predicted octanol–water partition coefficient (Wildman–Crippen LogP) is 6.75. The molecule has 0 spiro atoms. The number of phenolic OH excluding ortho intramolecular Hbond substituents is 1. The van der Waals surface area contributed by atoms with Gasteiger partial charge in [0.1, 0.15) is 11.4 Å². The average molecular weight is 621 g/mol. The Kier molecular flexibility index (Phi) is 7.94. The highest BCUT2D eigenvalue weighted by atomic mass is 19.4. The molecule has 0 bridgehead atoms. The van der Waals surface area contributed by atoms with Gasteiger partial charge in [-0.15, -0.1) is 0 Å². The van der Waals surface area contributed by atoms with Crippen molar-refractivity contribution in [3.63, 3.8) is 0 Å². The van der Waals surface area contributed by atoms with Crippen molar-refractivity contribution in [2.75, 3.05) is 0 Å². The van der Waals surface area contributed by atoms with Gasteiger partial charge in [-0.05, 0) is 63.9 Å². The minimum Gasteiger partial charge on any atom is -0.508 e. The third kappa shape index (κ3) is 5.87. The molecule has 0 aliphatic carbocycles. The highest BCUT2D eigenvalue weighted by Crippen LogP contribution is 2.40. The monoisotopic (exact) mass is 620 g/mol. The van der Waals surface area contributed by atoms with Crippen molar-refractivity contribution in [1.82, 2.24) is 18.7 Å². The molecule has 45 heavy (non-hydrogen) atoms. The first-order valence-corrected chi connectivity index (χ1v) is 14.1. The van der Waals surface area contributed by atoms with Gasteiger partial charge < -0.3 is 9.84 Å². The molecular weight excluding hydrogens is 589 g/mol. The van der Waals surface area contributed by atoms with Crippen molar-refractivity contribution in [3.05, 3.63) is 116 Å². The molecule has 2 aromatic heterocycles. The lowest BCUT2D eigenvalue weighted by Crippen LogP contribution is -2.44. The van der Waals surface area contributed by atoms with Gasteiger partial charge in [0.2, 0.25) is 0 Å². The highest BCUT2D eigenvalue weighted by molar-refractivity contribution is 5.91. The number of carbonyl (C=O) groups is 1. The van der Waals surface area contributed by atoms with Gasteiger partial charge in [-0.3, -0.25) is 13.9 Å². The summed E-state index contributed by atoms with van der Waals surface area (Å²) in [5.41, 5.74) is -4.23. The Morgan fingerprint density at radius 3 is 1.89 bits per heavy atom. The number of alkyl halides is 3. The molecular formula is C33H31F3N4O5. The van der Waals surface area contributed by atoms with E-state index in [9.17, 15) is 32.7 Å². The van der Waals surface area contributed by atoms with Crippen LogP contribution in [0.25, 0.3) is 22.6 Å². The summed E-state index contributed by atoms with van der Waals surface area (Å²) >= 11 is 0. The number of imidazole rings is 1. The molecule has 9 nitrogen and oxygen atoms in total. The first-order valence-electron chi connectivity index (χ1n) is 14.1. The summed E-state index contributed by atoms with van der Waals surface area (Å²) in [5, 5.41) is 9.93. The highest BCUT2D eigenvalue weighted by Gasteiger charge is 2.38. The third-order valence-electron chi connectivity index (χ3n) is 7.38. The number of phenols is 1. The number of nitrogens with zero attached hydrogens (tertiary/aromatic N) is 4. The van der Waals surface area contributed by atoms with E-state index < -0.39 is 69.4 Å². The second kappa shape index (κ2) is 11.4. The van der Waals surface area contributed by atoms with Gasteiger partial charge >= 0.3 is 18.0 Å². The standard InChI is InChI=1S/C33H31F3N4O5/c1-19(21-12-8-6-9-13-21)38-28-26(29(42)39(30(38)43)20(2)22-14-10-7-11-15-22)40(31(44)45-32(3,4)5)27(37-28)24-17-16-23(41)18-25(24)33(34,35)36/h6-20,41H,1-5H3. The van der Waals surface area contributed by atoms with Gasteiger partial charge in [0.25, 0.3) is 5.56 Å². The summed E-state index contributed by atoms with van der Waals surface area (Å²) < 4.78 is 51.4. The van der Waals surface area contributed by atoms with E-state index in [0.717, 1.165) is 16.7 Å².